The lowest BCUT2D eigenvalue weighted by Crippen LogP contribution is -2.27. The highest BCUT2D eigenvalue weighted by atomic mass is 79.9. The molecular weight excluding hydrogens is 597 g/mol. The Kier molecular flexibility index (Phi) is 8.34. The smallest absolute Gasteiger partial charge is 0.293 e. The molecule has 0 spiro atoms. The van der Waals surface area contributed by atoms with Crippen LogP contribution in [0.25, 0.3) is 6.08 Å². The molecule has 180 valence electrons. The summed E-state index contributed by atoms with van der Waals surface area (Å²) >= 11 is 22.8. The third-order valence-corrected chi connectivity index (χ3v) is 7.55. The molecule has 1 aliphatic rings. The van der Waals surface area contributed by atoms with Crippen molar-refractivity contribution in [1.82, 2.24) is 4.90 Å². The van der Waals surface area contributed by atoms with E-state index < -0.39 is 5.91 Å². The summed E-state index contributed by atoms with van der Waals surface area (Å²) in [6, 6.07) is 15.9. The van der Waals surface area contributed by atoms with Crippen molar-refractivity contribution in [2.75, 3.05) is 7.11 Å². The lowest BCUT2D eigenvalue weighted by atomic mass is 10.1. The van der Waals surface area contributed by atoms with Gasteiger partial charge in [0.15, 0.2) is 11.5 Å². The molecule has 4 rings (SSSR count). The van der Waals surface area contributed by atoms with Crippen molar-refractivity contribution < 1.29 is 19.1 Å². The van der Waals surface area contributed by atoms with Crippen LogP contribution in [0.15, 0.2) is 64.0 Å². The molecule has 2 amide bonds. The predicted octanol–water partition coefficient (Wildman–Crippen LogP) is 8.23. The van der Waals surface area contributed by atoms with Crippen molar-refractivity contribution in [3.8, 4) is 11.5 Å². The number of thioether (sulfide) groups is 1. The van der Waals surface area contributed by atoms with Gasteiger partial charge in [0, 0.05) is 20.6 Å². The molecule has 3 aromatic rings. The van der Waals surface area contributed by atoms with Crippen molar-refractivity contribution >= 4 is 79.7 Å². The molecular formula is C25H17BrCl3NO4S. The zero-order chi connectivity index (χ0) is 25.1. The highest BCUT2D eigenvalue weighted by Crippen LogP contribution is 2.40. The highest BCUT2D eigenvalue weighted by Gasteiger charge is 2.35. The van der Waals surface area contributed by atoms with E-state index in [0.717, 1.165) is 22.2 Å². The summed E-state index contributed by atoms with van der Waals surface area (Å²) in [6.45, 7) is 0.306. The molecule has 1 fully saturated rings. The third kappa shape index (κ3) is 5.98. The number of hydrogen-bond acceptors (Lipinski definition) is 5. The van der Waals surface area contributed by atoms with Crippen molar-refractivity contribution in [1.29, 1.82) is 0 Å². The summed E-state index contributed by atoms with van der Waals surface area (Å²) in [5.41, 5.74) is 2.12. The molecule has 0 radical (unpaired) electrons. The van der Waals surface area contributed by atoms with Crippen LogP contribution in [0.4, 0.5) is 4.79 Å². The maximum absolute atomic E-state index is 13.0. The minimum Gasteiger partial charge on any atom is -0.493 e. The molecule has 0 atom stereocenters. The number of carbonyl (C=O) groups excluding carboxylic acids is 2. The molecule has 0 unspecified atom stereocenters. The van der Waals surface area contributed by atoms with Gasteiger partial charge in [-0.1, -0.05) is 59.1 Å². The number of methoxy groups -OCH3 is 1. The van der Waals surface area contributed by atoms with E-state index in [0.29, 0.717) is 47.1 Å². The van der Waals surface area contributed by atoms with Gasteiger partial charge in [-0.25, -0.2) is 0 Å². The maximum Gasteiger partial charge on any atom is 0.293 e. The van der Waals surface area contributed by atoms with Crippen LogP contribution in [-0.4, -0.2) is 23.2 Å². The number of benzene rings is 3. The van der Waals surface area contributed by atoms with Gasteiger partial charge in [0.1, 0.15) is 6.61 Å². The lowest BCUT2D eigenvalue weighted by molar-refractivity contribution is -0.123. The largest absolute Gasteiger partial charge is 0.493 e. The van der Waals surface area contributed by atoms with E-state index in [1.54, 1.807) is 42.5 Å². The summed E-state index contributed by atoms with van der Waals surface area (Å²) < 4.78 is 12.1. The summed E-state index contributed by atoms with van der Waals surface area (Å²) in [5, 5.41) is 1.10. The zero-order valence-corrected chi connectivity index (χ0v) is 22.9. The number of rotatable bonds is 7. The summed E-state index contributed by atoms with van der Waals surface area (Å²) in [7, 11) is 1.53. The molecule has 10 heteroatoms. The first-order valence-corrected chi connectivity index (χ1v) is 12.9. The van der Waals surface area contributed by atoms with Crippen LogP contribution in [0.5, 0.6) is 11.5 Å². The fourth-order valence-corrected chi connectivity index (χ4v) is 5.41. The van der Waals surface area contributed by atoms with Gasteiger partial charge in [-0.2, -0.15) is 0 Å². The van der Waals surface area contributed by atoms with Crippen LogP contribution < -0.4 is 9.47 Å². The molecule has 1 saturated heterocycles. The monoisotopic (exact) mass is 611 g/mol. The number of carbonyl (C=O) groups is 2. The van der Waals surface area contributed by atoms with Gasteiger partial charge in [0.2, 0.25) is 0 Å². The topological polar surface area (TPSA) is 55.8 Å². The minimum absolute atomic E-state index is 0.0554. The standard InChI is InChI=1S/C25H17BrCl3NO4S/c1-33-21-9-14(8-18(26)23(21)34-13-16-4-2-3-5-19(16)28)10-22-24(31)30(25(32)35-22)12-15-6-7-17(27)11-20(15)29/h2-11H,12-13H2,1H3/b22-10-. The van der Waals surface area contributed by atoms with E-state index in [4.69, 9.17) is 44.3 Å². The summed E-state index contributed by atoms with van der Waals surface area (Å²) in [5.74, 6) is 0.556. The Morgan fingerprint density at radius 2 is 1.77 bits per heavy atom. The molecule has 0 N–H and O–H groups in total. The second-order valence-corrected chi connectivity index (χ2v) is 10.5. The van der Waals surface area contributed by atoms with E-state index in [-0.39, 0.29) is 18.4 Å². The van der Waals surface area contributed by atoms with E-state index in [2.05, 4.69) is 15.9 Å². The Morgan fingerprint density at radius 3 is 2.49 bits per heavy atom. The SMILES string of the molecule is COc1cc(/C=C2\SC(=O)N(Cc3ccc(Cl)cc3Cl)C2=O)cc(Br)c1OCc1ccccc1Cl. The van der Waals surface area contributed by atoms with Gasteiger partial charge in [-0.3, -0.25) is 14.5 Å². The van der Waals surface area contributed by atoms with Gasteiger partial charge in [-0.15, -0.1) is 0 Å². The lowest BCUT2D eigenvalue weighted by Gasteiger charge is -2.14. The second-order valence-electron chi connectivity index (χ2n) is 7.42. The first-order valence-electron chi connectivity index (χ1n) is 10.2. The number of imide groups is 1. The van der Waals surface area contributed by atoms with Gasteiger partial charge in [0.05, 0.1) is 23.0 Å². The quantitative estimate of drug-likeness (QED) is 0.251. The van der Waals surface area contributed by atoms with Gasteiger partial charge >= 0.3 is 0 Å². The molecule has 0 aliphatic carbocycles. The van der Waals surface area contributed by atoms with E-state index in [1.807, 2.05) is 18.2 Å². The molecule has 1 heterocycles. The van der Waals surface area contributed by atoms with Gasteiger partial charge < -0.3 is 9.47 Å². The average molecular weight is 614 g/mol. The molecule has 3 aromatic carbocycles. The second kappa shape index (κ2) is 11.3. The van der Waals surface area contributed by atoms with E-state index >= 15 is 0 Å². The summed E-state index contributed by atoms with van der Waals surface area (Å²) in [6.07, 6.45) is 1.64. The number of hydrogen-bond donors (Lipinski definition) is 0. The Morgan fingerprint density at radius 1 is 1.00 bits per heavy atom. The Balaban J connectivity index is 1.54. The fourth-order valence-electron chi connectivity index (χ4n) is 3.34. The Bertz CT molecular complexity index is 1350. The van der Waals surface area contributed by atoms with Crippen LogP contribution in [0.2, 0.25) is 15.1 Å². The minimum atomic E-state index is -0.403. The van der Waals surface area contributed by atoms with Crippen molar-refractivity contribution in [2.24, 2.45) is 0 Å². The van der Waals surface area contributed by atoms with Crippen LogP contribution in [0.3, 0.4) is 0 Å². The fraction of sp³-hybridized carbons (Fsp3) is 0.120. The first-order chi connectivity index (χ1) is 16.8. The molecule has 5 nitrogen and oxygen atoms in total. The molecule has 1 aliphatic heterocycles. The normalized spacial score (nSPS) is 14.7. The Labute approximate surface area is 230 Å². The van der Waals surface area contributed by atoms with Gasteiger partial charge in [-0.05, 0) is 75.2 Å². The number of nitrogens with zero attached hydrogens (tertiary/aromatic N) is 1. The van der Waals surface area contributed by atoms with Gasteiger partial charge in [0.25, 0.3) is 11.1 Å². The zero-order valence-electron chi connectivity index (χ0n) is 18.2. The molecule has 0 aromatic heterocycles. The van der Waals surface area contributed by atoms with Crippen molar-refractivity contribution in [3.63, 3.8) is 0 Å². The first kappa shape index (κ1) is 25.9. The molecule has 35 heavy (non-hydrogen) atoms. The van der Waals surface area contributed by atoms with Crippen LogP contribution in [-0.2, 0) is 17.9 Å². The predicted molar refractivity (Wildman–Crippen MR) is 144 cm³/mol. The maximum atomic E-state index is 13.0. The van der Waals surface area contributed by atoms with Crippen LogP contribution >= 0.6 is 62.5 Å². The van der Waals surface area contributed by atoms with Crippen molar-refractivity contribution in [2.45, 2.75) is 13.2 Å². The third-order valence-electron chi connectivity index (χ3n) is 5.10. The van der Waals surface area contributed by atoms with Crippen LogP contribution in [0.1, 0.15) is 16.7 Å². The van der Waals surface area contributed by atoms with E-state index in [1.165, 1.54) is 7.11 Å². The van der Waals surface area contributed by atoms with Crippen LogP contribution in [0, 0.1) is 0 Å². The molecule has 0 saturated carbocycles. The van der Waals surface area contributed by atoms with E-state index in [9.17, 15) is 9.59 Å². The number of ether oxygens (including phenoxy) is 2. The van der Waals surface area contributed by atoms with Crippen molar-refractivity contribution in [3.05, 3.63) is 95.7 Å². The highest BCUT2D eigenvalue weighted by molar-refractivity contribution is 9.10. The number of amides is 2. The molecule has 0 bridgehead atoms. The average Bonchev–Trinajstić information content (AvgIpc) is 3.08. The summed E-state index contributed by atoms with van der Waals surface area (Å²) in [4.78, 5) is 27.0. The number of halogens is 4. The Hall–Kier alpha value is -2.16.